The molecular formula is C7H9N5OS. The molecule has 0 saturated carbocycles. The van der Waals surface area contributed by atoms with Gasteiger partial charge < -0.3 is 0 Å². The van der Waals surface area contributed by atoms with Gasteiger partial charge in [-0.1, -0.05) is 0 Å². The Balaban J connectivity index is 2.60. The first kappa shape index (κ1) is 8.95. The fourth-order valence-electron chi connectivity index (χ4n) is 1.19. The van der Waals surface area contributed by atoms with E-state index in [4.69, 9.17) is 12.2 Å². The van der Waals surface area contributed by atoms with Gasteiger partial charge >= 0.3 is 5.69 Å². The van der Waals surface area contributed by atoms with E-state index in [1.807, 2.05) is 6.92 Å². The predicted octanol–water partition coefficient (Wildman–Crippen LogP) is 0.440. The van der Waals surface area contributed by atoms with Crippen molar-refractivity contribution in [1.29, 1.82) is 0 Å². The van der Waals surface area contributed by atoms with E-state index in [2.05, 4.69) is 15.3 Å². The van der Waals surface area contributed by atoms with Crippen LogP contribution in [0.1, 0.15) is 6.92 Å². The van der Waals surface area contributed by atoms with Crippen LogP contribution in [-0.4, -0.2) is 24.5 Å². The van der Waals surface area contributed by atoms with Gasteiger partial charge in [0.25, 0.3) is 0 Å². The number of nitrogens with zero attached hydrogens (tertiary/aromatic N) is 3. The van der Waals surface area contributed by atoms with Crippen molar-refractivity contribution in [3.8, 4) is 5.69 Å². The van der Waals surface area contributed by atoms with Crippen LogP contribution in [0.15, 0.2) is 17.2 Å². The van der Waals surface area contributed by atoms with Gasteiger partial charge in [-0.05, 0) is 19.1 Å². The van der Waals surface area contributed by atoms with Crippen LogP contribution in [0.3, 0.4) is 0 Å². The van der Waals surface area contributed by atoms with Crippen molar-refractivity contribution < 1.29 is 0 Å². The van der Waals surface area contributed by atoms with E-state index >= 15 is 0 Å². The lowest BCUT2D eigenvalue weighted by atomic mass is 10.5. The normalized spacial score (nSPS) is 10.6. The molecule has 0 amide bonds. The Labute approximate surface area is 84.2 Å². The van der Waals surface area contributed by atoms with Crippen LogP contribution in [0.5, 0.6) is 0 Å². The summed E-state index contributed by atoms with van der Waals surface area (Å²) in [4.78, 5) is 11.3. The molecule has 14 heavy (non-hydrogen) atoms. The lowest BCUT2D eigenvalue weighted by molar-refractivity contribution is 0.659. The van der Waals surface area contributed by atoms with Crippen molar-refractivity contribution in [2.45, 2.75) is 13.5 Å². The summed E-state index contributed by atoms with van der Waals surface area (Å²) in [7, 11) is 0. The standard InChI is InChI=1S/C7H9N5OS/c1-2-11-4-5(3-8-11)12-6(13)9-10-7(12)14/h3-4H,2H2,1H3,(H,9,13)(H,10,14). The number of aryl methyl sites for hydroxylation is 1. The van der Waals surface area contributed by atoms with Crippen LogP contribution in [0.2, 0.25) is 0 Å². The van der Waals surface area contributed by atoms with Crippen molar-refractivity contribution in [3.63, 3.8) is 0 Å². The van der Waals surface area contributed by atoms with Gasteiger partial charge in [0.15, 0.2) is 0 Å². The molecule has 2 rings (SSSR count). The highest BCUT2D eigenvalue weighted by molar-refractivity contribution is 7.71. The number of aromatic nitrogens is 5. The van der Waals surface area contributed by atoms with E-state index in [-0.39, 0.29) is 5.69 Å². The fraction of sp³-hybridized carbons (Fsp3) is 0.286. The van der Waals surface area contributed by atoms with Crippen molar-refractivity contribution in [2.24, 2.45) is 0 Å². The topological polar surface area (TPSA) is 71.4 Å². The van der Waals surface area contributed by atoms with Gasteiger partial charge in [0.1, 0.15) is 0 Å². The lowest BCUT2D eigenvalue weighted by Crippen LogP contribution is -2.14. The van der Waals surface area contributed by atoms with Gasteiger partial charge in [-0.25, -0.2) is 14.5 Å². The molecule has 0 unspecified atom stereocenters. The Morgan fingerprint density at radius 2 is 2.36 bits per heavy atom. The highest BCUT2D eigenvalue weighted by atomic mass is 32.1. The summed E-state index contributed by atoms with van der Waals surface area (Å²) in [5.74, 6) is 0. The predicted molar refractivity (Wildman–Crippen MR) is 53.0 cm³/mol. The van der Waals surface area contributed by atoms with Crippen LogP contribution in [0.4, 0.5) is 0 Å². The first-order valence-corrected chi connectivity index (χ1v) is 4.55. The van der Waals surface area contributed by atoms with Crippen molar-refractivity contribution in [1.82, 2.24) is 24.5 Å². The molecule has 2 aromatic heterocycles. The zero-order chi connectivity index (χ0) is 10.1. The Morgan fingerprint density at radius 1 is 1.57 bits per heavy atom. The van der Waals surface area contributed by atoms with Crippen LogP contribution in [0.25, 0.3) is 5.69 Å². The SMILES string of the molecule is CCn1cc(-n2c(=O)[nH][nH]c2=S)cn1. The molecule has 6 nitrogen and oxygen atoms in total. The smallest absolute Gasteiger partial charge is 0.272 e. The third-order valence-electron chi connectivity index (χ3n) is 1.88. The third kappa shape index (κ3) is 1.31. The average Bonchev–Trinajstić information content (AvgIpc) is 2.73. The summed E-state index contributed by atoms with van der Waals surface area (Å²) in [6.07, 6.45) is 3.36. The molecule has 0 aliphatic carbocycles. The minimum absolute atomic E-state index is 0.286. The second-order valence-corrected chi connectivity index (χ2v) is 3.14. The van der Waals surface area contributed by atoms with E-state index in [0.717, 1.165) is 6.54 Å². The molecule has 0 fully saturated rings. The maximum absolute atomic E-state index is 11.3. The molecular weight excluding hydrogens is 202 g/mol. The number of hydrogen-bond acceptors (Lipinski definition) is 3. The largest absolute Gasteiger partial charge is 0.347 e. The molecule has 74 valence electrons. The molecule has 0 radical (unpaired) electrons. The minimum atomic E-state index is -0.286. The van der Waals surface area contributed by atoms with Crippen molar-refractivity contribution >= 4 is 12.2 Å². The number of aromatic amines is 2. The molecule has 2 N–H and O–H groups in total. The number of nitrogens with one attached hydrogen (secondary N) is 2. The summed E-state index contributed by atoms with van der Waals surface area (Å²) in [5, 5.41) is 9.03. The first-order chi connectivity index (χ1) is 6.72. The molecule has 0 aliphatic heterocycles. The molecule has 2 heterocycles. The summed E-state index contributed by atoms with van der Waals surface area (Å²) in [5.41, 5.74) is 0.380. The summed E-state index contributed by atoms with van der Waals surface area (Å²) in [6.45, 7) is 2.73. The fourth-order valence-corrected chi connectivity index (χ4v) is 1.43. The van der Waals surface area contributed by atoms with Gasteiger partial charge in [0.2, 0.25) is 4.77 Å². The second kappa shape index (κ2) is 3.26. The summed E-state index contributed by atoms with van der Waals surface area (Å²) in [6, 6.07) is 0. The zero-order valence-electron chi connectivity index (χ0n) is 7.52. The number of hydrogen-bond donors (Lipinski definition) is 2. The monoisotopic (exact) mass is 211 g/mol. The Morgan fingerprint density at radius 3 is 2.86 bits per heavy atom. The zero-order valence-corrected chi connectivity index (χ0v) is 8.34. The van der Waals surface area contributed by atoms with Gasteiger partial charge in [-0.15, -0.1) is 0 Å². The van der Waals surface area contributed by atoms with Crippen molar-refractivity contribution in [3.05, 3.63) is 27.6 Å². The molecule has 0 spiro atoms. The van der Waals surface area contributed by atoms with E-state index in [1.54, 1.807) is 17.1 Å². The van der Waals surface area contributed by atoms with E-state index in [9.17, 15) is 4.79 Å². The first-order valence-electron chi connectivity index (χ1n) is 4.15. The third-order valence-corrected chi connectivity index (χ3v) is 2.17. The molecule has 0 aromatic carbocycles. The molecule has 0 aliphatic rings. The van der Waals surface area contributed by atoms with E-state index < -0.39 is 0 Å². The molecule has 0 saturated heterocycles. The number of rotatable bonds is 2. The maximum atomic E-state index is 11.3. The second-order valence-electron chi connectivity index (χ2n) is 2.75. The van der Waals surface area contributed by atoms with Gasteiger partial charge in [-0.2, -0.15) is 5.10 Å². The van der Waals surface area contributed by atoms with Gasteiger partial charge in [-0.3, -0.25) is 9.78 Å². The molecule has 2 aromatic rings. The van der Waals surface area contributed by atoms with E-state index in [1.165, 1.54) is 4.57 Å². The molecule has 7 heteroatoms. The van der Waals surface area contributed by atoms with Crippen LogP contribution in [0, 0.1) is 4.77 Å². The van der Waals surface area contributed by atoms with E-state index in [0.29, 0.717) is 10.5 Å². The van der Waals surface area contributed by atoms with Crippen LogP contribution in [-0.2, 0) is 6.54 Å². The molecule has 0 atom stereocenters. The highest BCUT2D eigenvalue weighted by Gasteiger charge is 2.04. The van der Waals surface area contributed by atoms with Crippen LogP contribution >= 0.6 is 12.2 Å². The van der Waals surface area contributed by atoms with Gasteiger partial charge in [0.05, 0.1) is 11.9 Å². The minimum Gasteiger partial charge on any atom is -0.272 e. The maximum Gasteiger partial charge on any atom is 0.347 e. The summed E-state index contributed by atoms with van der Waals surface area (Å²) < 4.78 is 3.42. The molecule has 0 bridgehead atoms. The highest BCUT2D eigenvalue weighted by Crippen LogP contribution is 2.02. The van der Waals surface area contributed by atoms with Crippen molar-refractivity contribution in [2.75, 3.05) is 0 Å². The lowest BCUT2D eigenvalue weighted by Gasteiger charge is -1.93. The number of H-pyrrole nitrogens is 2. The summed E-state index contributed by atoms with van der Waals surface area (Å²) >= 11 is 4.94. The average molecular weight is 211 g/mol. The Bertz CT molecular complexity index is 517. The Kier molecular flexibility index (Phi) is 2.08. The van der Waals surface area contributed by atoms with Crippen LogP contribution < -0.4 is 5.69 Å². The Hall–Kier alpha value is -1.63. The van der Waals surface area contributed by atoms with Gasteiger partial charge in [0, 0.05) is 12.7 Å². The quantitative estimate of drug-likeness (QED) is 0.708.